The molecule has 0 aliphatic carbocycles. The number of ketones is 1. The van der Waals surface area contributed by atoms with Gasteiger partial charge >= 0.3 is 6.03 Å². The summed E-state index contributed by atoms with van der Waals surface area (Å²) >= 11 is 0. The molecule has 0 saturated carbocycles. The smallest absolute Gasteiger partial charge is 0.325 e. The zero-order chi connectivity index (χ0) is 18.1. The topological polar surface area (TPSA) is 71.4 Å². The highest BCUT2D eigenvalue weighted by Gasteiger charge is 2.47. The summed E-state index contributed by atoms with van der Waals surface area (Å²) in [5.41, 5.74) is 1.40. The maximum atomic E-state index is 12.6. The summed E-state index contributed by atoms with van der Waals surface area (Å²) in [5.74, 6) is -0.565. The Morgan fingerprint density at radius 1 is 1.38 bits per heavy atom. The minimum atomic E-state index is -0.911. The first kappa shape index (κ1) is 18.0. The maximum absolute atomic E-state index is 12.6. The standard InChI is InChI=1S/C18H25N3O3/c1-6-8-18(5)16(23)21(17(24)19-18)11-15(22)14-10-12(3)20(9-7-2)13(14)4/h7,10H,2,6,8-9,11H2,1,3-5H3,(H,19,24)/t18-/m0/s1. The van der Waals surface area contributed by atoms with Crippen LogP contribution in [0.3, 0.4) is 0 Å². The molecule has 0 radical (unpaired) electrons. The van der Waals surface area contributed by atoms with Crippen LogP contribution in [0.2, 0.25) is 0 Å². The molecule has 6 nitrogen and oxygen atoms in total. The number of hydrogen-bond acceptors (Lipinski definition) is 3. The Morgan fingerprint density at radius 2 is 2.04 bits per heavy atom. The minimum Gasteiger partial charge on any atom is -0.345 e. The second-order valence-electron chi connectivity index (χ2n) is 6.51. The van der Waals surface area contributed by atoms with Gasteiger partial charge in [0.1, 0.15) is 5.54 Å². The molecule has 1 fully saturated rings. The predicted octanol–water partition coefficient (Wildman–Crippen LogP) is 2.58. The number of hydrogen-bond donors (Lipinski definition) is 1. The lowest BCUT2D eigenvalue weighted by atomic mass is 9.96. The fourth-order valence-corrected chi connectivity index (χ4v) is 3.28. The molecule has 1 aliphatic heterocycles. The number of carbonyl (C=O) groups excluding carboxylic acids is 3. The van der Waals surface area contributed by atoms with Gasteiger partial charge in [-0.3, -0.25) is 14.5 Å². The molecule has 1 aromatic rings. The summed E-state index contributed by atoms with van der Waals surface area (Å²) in [6, 6.07) is 1.30. The van der Waals surface area contributed by atoms with E-state index in [1.807, 2.05) is 25.3 Å². The molecule has 24 heavy (non-hydrogen) atoms. The predicted molar refractivity (Wildman–Crippen MR) is 92.0 cm³/mol. The Bertz CT molecular complexity index is 705. The number of nitrogens with one attached hydrogen (secondary N) is 1. The highest BCUT2D eigenvalue weighted by Crippen LogP contribution is 2.23. The number of nitrogens with zero attached hydrogens (tertiary/aromatic N) is 2. The molecule has 3 amide bonds. The van der Waals surface area contributed by atoms with E-state index in [0.29, 0.717) is 18.5 Å². The molecule has 0 aromatic carbocycles. The van der Waals surface area contributed by atoms with E-state index in [-0.39, 0.29) is 18.2 Å². The lowest BCUT2D eigenvalue weighted by Crippen LogP contribution is -2.44. The average Bonchev–Trinajstić information content (AvgIpc) is 2.90. The average molecular weight is 331 g/mol. The van der Waals surface area contributed by atoms with Crippen LogP contribution in [0.25, 0.3) is 0 Å². The fraction of sp³-hybridized carbons (Fsp3) is 0.500. The van der Waals surface area contributed by atoms with Crippen molar-refractivity contribution in [1.29, 1.82) is 0 Å². The van der Waals surface area contributed by atoms with E-state index in [0.717, 1.165) is 22.7 Å². The van der Waals surface area contributed by atoms with Crippen LogP contribution in [-0.2, 0) is 11.3 Å². The lowest BCUT2D eigenvalue weighted by molar-refractivity contribution is -0.130. The summed E-state index contributed by atoms with van der Waals surface area (Å²) in [6.45, 7) is 11.5. The normalized spacial score (nSPS) is 20.4. The van der Waals surface area contributed by atoms with Gasteiger partial charge in [0, 0.05) is 23.5 Å². The van der Waals surface area contributed by atoms with Crippen molar-refractivity contribution < 1.29 is 14.4 Å². The molecule has 2 rings (SSSR count). The zero-order valence-electron chi connectivity index (χ0n) is 14.8. The quantitative estimate of drug-likeness (QED) is 0.474. The van der Waals surface area contributed by atoms with E-state index in [9.17, 15) is 14.4 Å². The molecule has 1 aliphatic rings. The third kappa shape index (κ3) is 3.00. The number of rotatable bonds is 7. The highest BCUT2D eigenvalue weighted by molar-refractivity contribution is 6.11. The number of urea groups is 1. The third-order valence-electron chi connectivity index (χ3n) is 4.58. The summed E-state index contributed by atoms with van der Waals surface area (Å²) in [4.78, 5) is 38.3. The number of amides is 3. The molecule has 2 heterocycles. The zero-order valence-corrected chi connectivity index (χ0v) is 14.8. The highest BCUT2D eigenvalue weighted by atomic mass is 16.2. The Hall–Kier alpha value is -2.37. The summed E-state index contributed by atoms with van der Waals surface area (Å²) in [5, 5.41) is 2.71. The fourth-order valence-electron chi connectivity index (χ4n) is 3.28. The van der Waals surface area contributed by atoms with E-state index < -0.39 is 11.6 Å². The first-order chi connectivity index (χ1) is 11.2. The van der Waals surface area contributed by atoms with Gasteiger partial charge in [-0.05, 0) is 33.3 Å². The van der Waals surface area contributed by atoms with Crippen LogP contribution < -0.4 is 5.32 Å². The largest absolute Gasteiger partial charge is 0.345 e. The van der Waals surface area contributed by atoms with Gasteiger partial charge in [-0.25, -0.2) is 4.79 Å². The second-order valence-corrected chi connectivity index (χ2v) is 6.51. The Labute approximate surface area is 142 Å². The van der Waals surface area contributed by atoms with Gasteiger partial charge in [0.15, 0.2) is 5.78 Å². The van der Waals surface area contributed by atoms with Crippen LogP contribution in [0, 0.1) is 13.8 Å². The van der Waals surface area contributed by atoms with Gasteiger partial charge < -0.3 is 9.88 Å². The molecular formula is C18H25N3O3. The van der Waals surface area contributed by atoms with Gasteiger partial charge in [-0.1, -0.05) is 19.4 Å². The van der Waals surface area contributed by atoms with Crippen LogP contribution in [0.15, 0.2) is 18.7 Å². The lowest BCUT2D eigenvalue weighted by Gasteiger charge is -2.20. The van der Waals surface area contributed by atoms with Crippen molar-refractivity contribution in [3.05, 3.63) is 35.7 Å². The van der Waals surface area contributed by atoms with E-state index in [4.69, 9.17) is 0 Å². The Balaban J connectivity index is 2.21. The number of imide groups is 1. The van der Waals surface area contributed by atoms with Crippen molar-refractivity contribution >= 4 is 17.7 Å². The SMILES string of the molecule is C=CCn1c(C)cc(C(=O)CN2C(=O)N[C@@](C)(CCC)C2=O)c1C. The maximum Gasteiger partial charge on any atom is 0.325 e. The molecule has 0 bridgehead atoms. The van der Waals surface area contributed by atoms with Crippen molar-refractivity contribution in [3.63, 3.8) is 0 Å². The van der Waals surface area contributed by atoms with Gasteiger partial charge in [0.25, 0.3) is 5.91 Å². The van der Waals surface area contributed by atoms with Crippen molar-refractivity contribution in [2.45, 2.75) is 52.6 Å². The van der Waals surface area contributed by atoms with Gasteiger partial charge in [-0.15, -0.1) is 6.58 Å². The third-order valence-corrected chi connectivity index (χ3v) is 4.58. The molecule has 1 aromatic heterocycles. The molecule has 0 spiro atoms. The van der Waals surface area contributed by atoms with Crippen LogP contribution in [0.5, 0.6) is 0 Å². The van der Waals surface area contributed by atoms with E-state index in [1.165, 1.54) is 0 Å². The molecule has 1 atom stereocenters. The Kier molecular flexibility index (Phi) is 4.96. The summed E-state index contributed by atoms with van der Waals surface area (Å²) in [7, 11) is 0. The molecular weight excluding hydrogens is 306 g/mol. The minimum absolute atomic E-state index is 0.234. The van der Waals surface area contributed by atoms with Crippen molar-refractivity contribution in [1.82, 2.24) is 14.8 Å². The number of carbonyl (C=O) groups is 3. The summed E-state index contributed by atoms with van der Waals surface area (Å²) < 4.78 is 1.98. The monoisotopic (exact) mass is 331 g/mol. The van der Waals surface area contributed by atoms with Crippen LogP contribution >= 0.6 is 0 Å². The first-order valence-corrected chi connectivity index (χ1v) is 8.20. The molecule has 6 heteroatoms. The van der Waals surface area contributed by atoms with Gasteiger partial charge in [0.2, 0.25) is 0 Å². The van der Waals surface area contributed by atoms with Gasteiger partial charge in [-0.2, -0.15) is 0 Å². The molecule has 130 valence electrons. The Morgan fingerprint density at radius 3 is 2.62 bits per heavy atom. The van der Waals surface area contributed by atoms with Gasteiger partial charge in [0.05, 0.1) is 6.54 Å². The first-order valence-electron chi connectivity index (χ1n) is 8.20. The molecule has 1 N–H and O–H groups in total. The molecule has 1 saturated heterocycles. The van der Waals surface area contributed by atoms with E-state index >= 15 is 0 Å². The van der Waals surface area contributed by atoms with Crippen LogP contribution in [0.1, 0.15) is 48.4 Å². The van der Waals surface area contributed by atoms with Crippen LogP contribution in [0.4, 0.5) is 4.79 Å². The van der Waals surface area contributed by atoms with Crippen LogP contribution in [-0.4, -0.2) is 39.3 Å². The van der Waals surface area contributed by atoms with Crippen molar-refractivity contribution in [3.8, 4) is 0 Å². The summed E-state index contributed by atoms with van der Waals surface area (Å²) in [6.07, 6.45) is 3.09. The van der Waals surface area contributed by atoms with E-state index in [2.05, 4.69) is 11.9 Å². The van der Waals surface area contributed by atoms with Crippen molar-refractivity contribution in [2.75, 3.05) is 6.54 Å². The molecule has 0 unspecified atom stereocenters. The number of Topliss-reactive ketones (excluding diaryl/α,β-unsaturated/α-hetero) is 1. The number of aryl methyl sites for hydroxylation is 1. The second kappa shape index (κ2) is 6.63. The van der Waals surface area contributed by atoms with E-state index in [1.54, 1.807) is 19.1 Å². The number of allylic oxidation sites excluding steroid dienone is 1. The van der Waals surface area contributed by atoms with Crippen molar-refractivity contribution in [2.24, 2.45) is 0 Å². The number of aromatic nitrogens is 1.